The van der Waals surface area contributed by atoms with Crippen LogP contribution in [-0.2, 0) is 32.7 Å². The standard InChI is InChI=1S/C25H24N4O5/c1-25(16-7-3-2-4-8-16)23(32)29(24(33)27-25)28-21(30)14-34-22(31)15-11-12-20-18(13-15)17-9-5-6-10-19(17)26-20/h2-4,7-8,11-13,26H,5-6,9-10,14H2,1H3,(H,27,33)(H,28,30). The number of benzene rings is 2. The Balaban J connectivity index is 1.23. The number of hydrogen-bond acceptors (Lipinski definition) is 5. The number of ether oxygens (including phenoxy) is 1. The Bertz CT molecular complexity index is 1320. The van der Waals surface area contributed by atoms with Crippen molar-refractivity contribution in [1.82, 2.24) is 20.7 Å². The second-order valence-corrected chi connectivity index (χ2v) is 8.72. The van der Waals surface area contributed by atoms with Crippen LogP contribution >= 0.6 is 0 Å². The fourth-order valence-electron chi connectivity index (χ4n) is 4.61. The van der Waals surface area contributed by atoms with Gasteiger partial charge in [0.25, 0.3) is 11.8 Å². The van der Waals surface area contributed by atoms with E-state index < -0.39 is 36.0 Å². The predicted octanol–water partition coefficient (Wildman–Crippen LogP) is 2.70. The zero-order valence-electron chi connectivity index (χ0n) is 18.6. The number of urea groups is 1. The number of amides is 4. The Hall–Kier alpha value is -4.14. The number of fused-ring (bicyclic) bond motifs is 3. The molecule has 3 aromatic rings. The number of H-pyrrole nitrogens is 1. The molecule has 1 saturated heterocycles. The van der Waals surface area contributed by atoms with Crippen molar-refractivity contribution >= 4 is 34.7 Å². The van der Waals surface area contributed by atoms with E-state index in [1.165, 1.54) is 11.3 Å². The van der Waals surface area contributed by atoms with Gasteiger partial charge in [0.05, 0.1) is 5.56 Å². The quantitative estimate of drug-likeness (QED) is 0.399. The molecule has 3 N–H and O–H groups in total. The van der Waals surface area contributed by atoms with Crippen LogP contribution in [0.15, 0.2) is 48.5 Å². The minimum atomic E-state index is -1.31. The lowest BCUT2D eigenvalue weighted by molar-refractivity contribution is -0.140. The summed E-state index contributed by atoms with van der Waals surface area (Å²) < 4.78 is 5.15. The zero-order valence-corrected chi connectivity index (χ0v) is 18.6. The normalized spacial score (nSPS) is 19.6. The van der Waals surface area contributed by atoms with Crippen molar-refractivity contribution in [1.29, 1.82) is 0 Å². The summed E-state index contributed by atoms with van der Waals surface area (Å²) in [6.45, 7) is 0.922. The highest BCUT2D eigenvalue weighted by Crippen LogP contribution is 2.30. The maximum Gasteiger partial charge on any atom is 0.344 e. The number of nitrogens with zero attached hydrogens (tertiary/aromatic N) is 1. The SMILES string of the molecule is CC1(c2ccccc2)NC(=O)N(NC(=O)COC(=O)c2ccc3[nH]c4c(c3c2)CCCC4)C1=O. The molecule has 1 fully saturated rings. The topological polar surface area (TPSA) is 121 Å². The molecule has 2 aromatic carbocycles. The number of carbonyl (C=O) groups excluding carboxylic acids is 4. The predicted molar refractivity (Wildman–Crippen MR) is 123 cm³/mol. The van der Waals surface area contributed by atoms with Crippen LogP contribution < -0.4 is 10.7 Å². The Morgan fingerprint density at radius 3 is 2.65 bits per heavy atom. The van der Waals surface area contributed by atoms with Crippen LogP contribution in [0, 0.1) is 0 Å². The number of hydrazine groups is 1. The molecule has 1 unspecified atom stereocenters. The smallest absolute Gasteiger partial charge is 0.344 e. The van der Waals surface area contributed by atoms with Gasteiger partial charge in [-0.05, 0) is 61.9 Å². The van der Waals surface area contributed by atoms with Crippen molar-refractivity contribution in [3.8, 4) is 0 Å². The third-order valence-corrected chi connectivity index (χ3v) is 6.45. The third kappa shape index (κ3) is 3.68. The molecule has 9 nitrogen and oxygen atoms in total. The van der Waals surface area contributed by atoms with E-state index >= 15 is 0 Å². The molecule has 1 aliphatic heterocycles. The number of nitrogens with one attached hydrogen (secondary N) is 3. The first-order valence-electron chi connectivity index (χ1n) is 11.2. The van der Waals surface area contributed by atoms with Crippen molar-refractivity contribution in [2.75, 3.05) is 6.61 Å². The average Bonchev–Trinajstić information content (AvgIpc) is 3.33. The molecule has 2 aliphatic rings. The lowest BCUT2D eigenvalue weighted by atomic mass is 9.92. The fraction of sp³-hybridized carbons (Fsp3) is 0.280. The Labute approximate surface area is 195 Å². The highest BCUT2D eigenvalue weighted by molar-refractivity contribution is 6.08. The molecule has 0 saturated carbocycles. The van der Waals surface area contributed by atoms with Crippen LogP contribution in [0.2, 0.25) is 0 Å². The van der Waals surface area contributed by atoms with Gasteiger partial charge < -0.3 is 15.0 Å². The number of aromatic nitrogens is 1. The van der Waals surface area contributed by atoms with Gasteiger partial charge in [0.2, 0.25) is 0 Å². The van der Waals surface area contributed by atoms with Crippen LogP contribution in [0.1, 0.15) is 46.9 Å². The number of imide groups is 1. The minimum Gasteiger partial charge on any atom is -0.452 e. The van der Waals surface area contributed by atoms with Gasteiger partial charge in [-0.15, -0.1) is 0 Å². The second kappa shape index (κ2) is 8.33. The van der Waals surface area contributed by atoms with Gasteiger partial charge in [-0.3, -0.25) is 15.0 Å². The molecule has 4 amide bonds. The summed E-state index contributed by atoms with van der Waals surface area (Å²) in [7, 11) is 0. The van der Waals surface area contributed by atoms with Gasteiger partial charge in [-0.2, -0.15) is 5.01 Å². The molecular formula is C25H24N4O5. The van der Waals surface area contributed by atoms with Crippen molar-refractivity contribution in [3.05, 3.63) is 70.9 Å². The molecule has 1 aromatic heterocycles. The fourth-order valence-corrected chi connectivity index (χ4v) is 4.61. The molecule has 174 valence electrons. The van der Waals surface area contributed by atoms with Gasteiger partial charge in [0, 0.05) is 16.6 Å². The first-order valence-corrected chi connectivity index (χ1v) is 11.2. The molecule has 0 bridgehead atoms. The van der Waals surface area contributed by atoms with Gasteiger partial charge in [-0.25, -0.2) is 9.59 Å². The molecule has 2 heterocycles. The van der Waals surface area contributed by atoms with Crippen molar-refractivity contribution in [3.63, 3.8) is 0 Å². The number of carbonyl (C=O) groups is 4. The number of aromatic amines is 1. The van der Waals surface area contributed by atoms with Crippen LogP contribution in [0.4, 0.5) is 4.79 Å². The summed E-state index contributed by atoms with van der Waals surface area (Å²) in [6.07, 6.45) is 4.22. The van der Waals surface area contributed by atoms with E-state index in [-0.39, 0.29) is 0 Å². The van der Waals surface area contributed by atoms with E-state index in [1.807, 2.05) is 6.07 Å². The molecule has 9 heteroatoms. The summed E-state index contributed by atoms with van der Waals surface area (Å²) in [5.74, 6) is -2.09. The van der Waals surface area contributed by atoms with Crippen molar-refractivity contribution < 1.29 is 23.9 Å². The van der Waals surface area contributed by atoms with E-state index in [2.05, 4.69) is 15.7 Å². The molecule has 5 rings (SSSR count). The van der Waals surface area contributed by atoms with Crippen LogP contribution in [0.25, 0.3) is 10.9 Å². The maximum atomic E-state index is 12.9. The summed E-state index contributed by atoms with van der Waals surface area (Å²) in [4.78, 5) is 53.6. The van der Waals surface area contributed by atoms with E-state index in [4.69, 9.17) is 4.74 Å². The highest BCUT2D eigenvalue weighted by Gasteiger charge is 2.50. The molecule has 0 spiro atoms. The van der Waals surface area contributed by atoms with Gasteiger partial charge in [-0.1, -0.05) is 30.3 Å². The van der Waals surface area contributed by atoms with E-state index in [1.54, 1.807) is 49.4 Å². The van der Waals surface area contributed by atoms with Gasteiger partial charge in [0.15, 0.2) is 6.61 Å². The number of rotatable bonds is 5. The molecule has 1 aliphatic carbocycles. The lowest BCUT2D eigenvalue weighted by Gasteiger charge is -2.22. The summed E-state index contributed by atoms with van der Waals surface area (Å²) >= 11 is 0. The molecule has 0 radical (unpaired) electrons. The third-order valence-electron chi connectivity index (χ3n) is 6.45. The van der Waals surface area contributed by atoms with E-state index in [0.29, 0.717) is 16.1 Å². The number of esters is 1. The number of hydrogen-bond donors (Lipinski definition) is 3. The van der Waals surface area contributed by atoms with Gasteiger partial charge in [0.1, 0.15) is 5.54 Å². The Morgan fingerprint density at radius 2 is 1.85 bits per heavy atom. The highest BCUT2D eigenvalue weighted by atomic mass is 16.5. The lowest BCUT2D eigenvalue weighted by Crippen LogP contribution is -2.49. The number of aryl methyl sites for hydroxylation is 2. The molecule has 34 heavy (non-hydrogen) atoms. The first-order chi connectivity index (χ1) is 16.4. The molecular weight excluding hydrogens is 436 g/mol. The summed E-state index contributed by atoms with van der Waals surface area (Å²) in [6, 6.07) is 13.2. The van der Waals surface area contributed by atoms with E-state index in [9.17, 15) is 19.2 Å². The summed E-state index contributed by atoms with van der Waals surface area (Å²) in [5.41, 5.74) is 5.24. The van der Waals surface area contributed by atoms with Crippen LogP contribution in [-0.4, -0.2) is 40.4 Å². The first kappa shape index (κ1) is 21.7. The molecule has 1 atom stereocenters. The van der Waals surface area contributed by atoms with Crippen molar-refractivity contribution in [2.24, 2.45) is 0 Å². The van der Waals surface area contributed by atoms with Gasteiger partial charge >= 0.3 is 12.0 Å². The summed E-state index contributed by atoms with van der Waals surface area (Å²) in [5, 5.41) is 4.20. The maximum absolute atomic E-state index is 12.9. The van der Waals surface area contributed by atoms with E-state index in [0.717, 1.165) is 36.6 Å². The van der Waals surface area contributed by atoms with Crippen molar-refractivity contribution in [2.45, 2.75) is 38.1 Å². The average molecular weight is 460 g/mol. The zero-order chi connectivity index (χ0) is 23.9. The monoisotopic (exact) mass is 460 g/mol. The Morgan fingerprint density at radius 1 is 1.09 bits per heavy atom. The largest absolute Gasteiger partial charge is 0.452 e. The van der Waals surface area contributed by atoms with Crippen LogP contribution in [0.3, 0.4) is 0 Å². The second-order valence-electron chi connectivity index (χ2n) is 8.72. The van der Waals surface area contributed by atoms with Crippen LogP contribution in [0.5, 0.6) is 0 Å². The Kier molecular flexibility index (Phi) is 5.31. The minimum absolute atomic E-state index is 0.333.